The molecular formula is C66H120N12O14. The smallest absolute Gasteiger partial charge is 0.246 e. The molecule has 12 amide bonds. The van der Waals surface area contributed by atoms with Gasteiger partial charge in [0.15, 0.2) is 0 Å². The highest BCUT2D eigenvalue weighted by atomic mass is 16.3. The van der Waals surface area contributed by atoms with Gasteiger partial charge in [-0.15, -0.1) is 0 Å². The van der Waals surface area contributed by atoms with E-state index in [0.29, 0.717) is 19.4 Å². The maximum Gasteiger partial charge on any atom is 0.246 e. The average Bonchev–Trinajstić information content (AvgIpc) is 1.11. The van der Waals surface area contributed by atoms with Gasteiger partial charge in [0, 0.05) is 69.2 Å². The minimum atomic E-state index is -1.66. The molecule has 0 aromatic carbocycles. The lowest BCUT2D eigenvalue weighted by Crippen LogP contribution is -2.63. The summed E-state index contributed by atoms with van der Waals surface area (Å²) in [5.41, 5.74) is -1.56. The van der Waals surface area contributed by atoms with Crippen molar-refractivity contribution in [3.63, 3.8) is 0 Å². The Morgan fingerprint density at radius 2 is 0.978 bits per heavy atom. The fraction of sp³-hybridized carbons (Fsp3) is 0.818. The van der Waals surface area contributed by atoms with Gasteiger partial charge in [0.05, 0.1) is 18.2 Å². The second-order valence-corrected chi connectivity index (χ2v) is 28.4. The minimum absolute atomic E-state index is 0.0275. The third-order valence-corrected chi connectivity index (χ3v) is 17.3. The maximum atomic E-state index is 15.3. The van der Waals surface area contributed by atoms with Crippen molar-refractivity contribution in [3.8, 4) is 0 Å². The lowest BCUT2D eigenvalue weighted by molar-refractivity contribution is -0.157. The molecule has 0 unspecified atom stereocenters. The van der Waals surface area contributed by atoms with Gasteiger partial charge < -0.3 is 71.1 Å². The van der Waals surface area contributed by atoms with Crippen LogP contribution in [0, 0.1) is 35.5 Å². The Morgan fingerprint density at radius 3 is 1.46 bits per heavy atom. The zero-order valence-electron chi connectivity index (χ0n) is 60.2. The summed E-state index contributed by atoms with van der Waals surface area (Å²) >= 11 is 0. The Kier molecular flexibility index (Phi) is 34.6. The summed E-state index contributed by atoms with van der Waals surface area (Å²) in [6, 6.07) is -13.0. The first-order valence-electron chi connectivity index (χ1n) is 33.1. The van der Waals surface area contributed by atoms with Crippen LogP contribution >= 0.6 is 0 Å². The molecule has 0 spiro atoms. The Bertz CT molecular complexity index is 2500. The van der Waals surface area contributed by atoms with Gasteiger partial charge in [0.2, 0.25) is 70.9 Å². The first-order valence-corrected chi connectivity index (χ1v) is 33.1. The number of nitrogens with zero attached hydrogens (tertiary/aromatic N) is 7. The van der Waals surface area contributed by atoms with Crippen LogP contribution in [-0.4, -0.2) is 250 Å². The Morgan fingerprint density at radius 1 is 0.522 bits per heavy atom. The van der Waals surface area contributed by atoms with Crippen LogP contribution < -0.4 is 26.6 Å². The van der Waals surface area contributed by atoms with Crippen LogP contribution in [0.2, 0.25) is 0 Å². The number of likely N-dealkylation sites (N-methyl/N-ethyl adjacent to an activating group) is 7. The van der Waals surface area contributed by atoms with Crippen molar-refractivity contribution in [3.05, 3.63) is 0 Å². The van der Waals surface area contributed by atoms with E-state index >= 15 is 19.2 Å². The van der Waals surface area contributed by atoms with Gasteiger partial charge in [-0.05, 0) is 102 Å². The van der Waals surface area contributed by atoms with Crippen LogP contribution in [-0.2, 0) is 57.5 Å². The van der Waals surface area contributed by atoms with E-state index in [1.54, 1.807) is 41.5 Å². The van der Waals surface area contributed by atoms with Gasteiger partial charge in [-0.3, -0.25) is 57.5 Å². The Hall–Kier alpha value is -6.44. The van der Waals surface area contributed by atoms with Gasteiger partial charge in [0.1, 0.15) is 60.4 Å². The van der Waals surface area contributed by atoms with E-state index in [-0.39, 0.29) is 55.8 Å². The summed E-state index contributed by atoms with van der Waals surface area (Å²) in [7, 11) is 9.67. The van der Waals surface area contributed by atoms with Crippen LogP contribution in [0.3, 0.4) is 0 Å². The zero-order valence-corrected chi connectivity index (χ0v) is 60.2. The highest BCUT2D eigenvalue weighted by Gasteiger charge is 2.46. The standard InChI is InChI=1S/C66H120N12O14/c1-25-46-61(87)72(18)36-51(80)73(19)50(35-66(16,17)92)58(84)71-52(40(8)9)64(90)74(20)47(32-37(2)3)57(83)68-43(13)56(82)69-44(14)60(86)75(21)48(33-38(4)5)62(88)76(22)49(34-39(6)7)63(89)77(23)53(41(10)11)65(91)78(24)54(59(85)70-46)55(81)42(12)30-28-26-27-29-31-67-45(15)79/h37-44,46-50,52-55,81,92H,25-36H2,1-24H3,(H,67,79)(H,68,83)(H,69,82)(H,70,85)(H,71,84)/t42-,43+,44-,46+,47+,48+,49+,50+,52+,53+,54+,55-/m1/s1. The molecule has 0 aliphatic carbocycles. The molecule has 92 heavy (non-hydrogen) atoms. The van der Waals surface area contributed by atoms with E-state index in [1.807, 2.05) is 41.5 Å². The molecule has 0 aromatic rings. The number of aliphatic hydroxyl groups is 2. The quantitative estimate of drug-likeness (QED) is 0.0862. The maximum absolute atomic E-state index is 15.3. The summed E-state index contributed by atoms with van der Waals surface area (Å²) in [6.45, 7) is 28.3. The molecule has 26 heteroatoms. The number of hydrogen-bond acceptors (Lipinski definition) is 14. The normalized spacial score (nSPS) is 25.7. The average molecular weight is 1310 g/mol. The third-order valence-electron chi connectivity index (χ3n) is 17.3. The van der Waals surface area contributed by atoms with Gasteiger partial charge in [-0.25, -0.2) is 0 Å². The topological polar surface area (TPSA) is 328 Å². The van der Waals surface area contributed by atoms with Gasteiger partial charge >= 0.3 is 0 Å². The summed E-state index contributed by atoms with van der Waals surface area (Å²) in [4.78, 5) is 181. The van der Waals surface area contributed by atoms with Crippen LogP contribution in [0.5, 0.6) is 0 Å². The first kappa shape index (κ1) is 83.6. The predicted octanol–water partition coefficient (Wildman–Crippen LogP) is 2.50. The number of aliphatic hydroxyl groups excluding tert-OH is 1. The molecule has 1 aliphatic rings. The van der Waals surface area contributed by atoms with Gasteiger partial charge in [0.25, 0.3) is 0 Å². The van der Waals surface area contributed by atoms with E-state index in [1.165, 1.54) is 104 Å². The van der Waals surface area contributed by atoms with Crippen molar-refractivity contribution in [2.45, 2.75) is 254 Å². The molecule has 7 N–H and O–H groups in total. The SMILES string of the molecule is CC[C@@H]1NC(=O)[C@H]([C@H](O)[C@H](C)CCCCCCNC(C)=O)N(C)C(=O)[C@H](C(C)C)N(C)C(=O)[C@H](CC(C)C)N(C)C(=O)[C@H](CC(C)C)N(C)C(=O)[C@@H](C)NC(=O)[C@H](C)NC(=O)[C@H](CC(C)C)N(C)C(=O)[C@H](C(C)C)NC(=O)[C@H](CC(C)(C)O)N(C)C(=O)CN(C)C1=O. The highest BCUT2D eigenvalue weighted by molar-refractivity contribution is 5.99. The number of amides is 12. The summed E-state index contributed by atoms with van der Waals surface area (Å²) in [6.07, 6.45) is 1.72. The van der Waals surface area contributed by atoms with Crippen LogP contribution in [0.25, 0.3) is 0 Å². The molecule has 26 nitrogen and oxygen atoms in total. The van der Waals surface area contributed by atoms with E-state index < -0.39 is 161 Å². The van der Waals surface area contributed by atoms with Crippen molar-refractivity contribution in [2.75, 3.05) is 62.4 Å². The predicted molar refractivity (Wildman–Crippen MR) is 352 cm³/mol. The monoisotopic (exact) mass is 1300 g/mol. The van der Waals surface area contributed by atoms with Crippen molar-refractivity contribution >= 4 is 70.9 Å². The molecule has 1 fully saturated rings. The molecule has 528 valence electrons. The van der Waals surface area contributed by atoms with E-state index in [0.717, 1.165) is 34.0 Å². The summed E-state index contributed by atoms with van der Waals surface area (Å²) < 4.78 is 0. The fourth-order valence-corrected chi connectivity index (χ4v) is 11.6. The molecule has 1 saturated heterocycles. The number of carbonyl (C=O) groups is 12. The molecule has 1 aliphatic heterocycles. The van der Waals surface area contributed by atoms with Crippen LogP contribution in [0.1, 0.15) is 182 Å². The fourth-order valence-electron chi connectivity index (χ4n) is 11.6. The molecule has 1 rings (SSSR count). The van der Waals surface area contributed by atoms with Crippen molar-refractivity contribution in [2.24, 2.45) is 35.5 Å². The Balaban J connectivity index is 4.34. The highest BCUT2D eigenvalue weighted by Crippen LogP contribution is 2.26. The number of nitrogens with one attached hydrogen (secondary N) is 5. The zero-order chi connectivity index (χ0) is 71.3. The molecule has 0 aromatic heterocycles. The summed E-state index contributed by atoms with van der Waals surface area (Å²) in [5, 5.41) is 37.1. The van der Waals surface area contributed by atoms with E-state index in [9.17, 15) is 48.6 Å². The van der Waals surface area contributed by atoms with Crippen LogP contribution in [0.4, 0.5) is 0 Å². The minimum Gasteiger partial charge on any atom is -0.390 e. The number of rotatable bonds is 20. The number of unbranched alkanes of at least 4 members (excludes halogenated alkanes) is 3. The molecule has 0 radical (unpaired) electrons. The molecular weight excluding hydrogens is 1180 g/mol. The molecule has 12 atom stereocenters. The Labute approximate surface area is 549 Å². The largest absolute Gasteiger partial charge is 0.390 e. The lowest BCUT2D eigenvalue weighted by Gasteiger charge is -2.41. The second-order valence-electron chi connectivity index (χ2n) is 28.4. The van der Waals surface area contributed by atoms with Crippen molar-refractivity contribution < 1.29 is 67.7 Å². The number of carbonyl (C=O) groups excluding carboxylic acids is 12. The van der Waals surface area contributed by atoms with Crippen molar-refractivity contribution in [1.82, 2.24) is 60.9 Å². The summed E-state index contributed by atoms with van der Waals surface area (Å²) in [5.74, 6) is -10.5. The van der Waals surface area contributed by atoms with E-state index in [2.05, 4.69) is 26.6 Å². The van der Waals surface area contributed by atoms with Crippen molar-refractivity contribution in [1.29, 1.82) is 0 Å². The number of hydrogen-bond donors (Lipinski definition) is 7. The van der Waals surface area contributed by atoms with E-state index in [4.69, 9.17) is 0 Å². The first-order chi connectivity index (χ1) is 42.4. The molecule has 1 heterocycles. The van der Waals surface area contributed by atoms with Gasteiger partial charge in [-0.1, -0.05) is 102 Å². The lowest BCUT2D eigenvalue weighted by atomic mass is 9.90. The van der Waals surface area contributed by atoms with Crippen LogP contribution in [0.15, 0.2) is 0 Å². The molecule has 0 bridgehead atoms. The van der Waals surface area contributed by atoms with Gasteiger partial charge in [-0.2, -0.15) is 0 Å². The molecule has 0 saturated carbocycles. The second kappa shape index (κ2) is 38.1. The third kappa shape index (κ3) is 25.1.